The molecule has 2 N–H and O–H groups in total. The Morgan fingerprint density at radius 1 is 1.35 bits per heavy atom. The average Bonchev–Trinajstić information content (AvgIpc) is 2.45. The van der Waals surface area contributed by atoms with Crippen LogP contribution in [0.5, 0.6) is 0 Å². The van der Waals surface area contributed by atoms with E-state index >= 15 is 0 Å². The van der Waals surface area contributed by atoms with Crippen molar-refractivity contribution in [1.82, 2.24) is 5.32 Å². The standard InChI is InChI=1S/C16H27FN2O/c1-6-7-18-13(4)14-9-15(17)11(2)8-16(14)19(5)12(3)10-20/h8-9,12-13,18,20H,6-7,10H2,1-5H3. The summed E-state index contributed by atoms with van der Waals surface area (Å²) in [7, 11) is 1.93. The van der Waals surface area contributed by atoms with Crippen molar-refractivity contribution in [2.24, 2.45) is 0 Å². The van der Waals surface area contributed by atoms with Gasteiger partial charge in [-0.1, -0.05) is 6.92 Å². The van der Waals surface area contributed by atoms with Gasteiger partial charge in [0, 0.05) is 24.8 Å². The zero-order valence-electron chi connectivity index (χ0n) is 13.2. The third-order valence-corrected chi connectivity index (χ3v) is 3.78. The summed E-state index contributed by atoms with van der Waals surface area (Å²) in [6, 6.07) is 3.55. The first-order valence-electron chi connectivity index (χ1n) is 7.29. The minimum atomic E-state index is -0.182. The van der Waals surface area contributed by atoms with Crippen molar-refractivity contribution in [3.05, 3.63) is 29.1 Å². The fraction of sp³-hybridized carbons (Fsp3) is 0.625. The zero-order valence-corrected chi connectivity index (χ0v) is 13.2. The van der Waals surface area contributed by atoms with Crippen molar-refractivity contribution in [2.75, 3.05) is 25.1 Å². The van der Waals surface area contributed by atoms with Crippen molar-refractivity contribution < 1.29 is 9.50 Å². The van der Waals surface area contributed by atoms with Crippen molar-refractivity contribution in [3.8, 4) is 0 Å². The van der Waals surface area contributed by atoms with Crippen LogP contribution in [0.2, 0.25) is 0 Å². The molecule has 0 aliphatic rings. The van der Waals surface area contributed by atoms with Crippen LogP contribution in [-0.2, 0) is 0 Å². The van der Waals surface area contributed by atoms with Gasteiger partial charge in [-0.25, -0.2) is 4.39 Å². The molecule has 4 heteroatoms. The molecule has 0 aliphatic heterocycles. The predicted molar refractivity (Wildman–Crippen MR) is 82.8 cm³/mol. The van der Waals surface area contributed by atoms with Gasteiger partial charge in [-0.15, -0.1) is 0 Å². The van der Waals surface area contributed by atoms with E-state index in [-0.39, 0.29) is 24.5 Å². The third kappa shape index (κ3) is 3.93. The smallest absolute Gasteiger partial charge is 0.126 e. The number of aryl methyl sites for hydroxylation is 1. The molecule has 0 amide bonds. The van der Waals surface area contributed by atoms with E-state index in [1.165, 1.54) is 0 Å². The quantitative estimate of drug-likeness (QED) is 0.807. The maximum absolute atomic E-state index is 13.9. The van der Waals surface area contributed by atoms with Crippen LogP contribution in [0.3, 0.4) is 0 Å². The summed E-state index contributed by atoms with van der Waals surface area (Å²) < 4.78 is 13.9. The molecule has 0 fully saturated rings. The number of aliphatic hydroxyl groups is 1. The van der Waals surface area contributed by atoms with Crippen LogP contribution in [0.25, 0.3) is 0 Å². The lowest BCUT2D eigenvalue weighted by atomic mass is 10.0. The Morgan fingerprint density at radius 3 is 2.55 bits per heavy atom. The Morgan fingerprint density at radius 2 is 2.00 bits per heavy atom. The van der Waals surface area contributed by atoms with Gasteiger partial charge in [-0.05, 0) is 57.0 Å². The molecule has 2 atom stereocenters. The fourth-order valence-corrected chi connectivity index (χ4v) is 2.16. The van der Waals surface area contributed by atoms with Gasteiger partial charge in [-0.2, -0.15) is 0 Å². The molecular weight excluding hydrogens is 255 g/mol. The first kappa shape index (κ1) is 16.9. The van der Waals surface area contributed by atoms with E-state index in [1.807, 2.05) is 31.9 Å². The topological polar surface area (TPSA) is 35.5 Å². The molecule has 3 nitrogen and oxygen atoms in total. The molecular formula is C16H27FN2O. The number of aliphatic hydroxyl groups excluding tert-OH is 1. The molecule has 0 radical (unpaired) electrons. The molecule has 1 aromatic rings. The van der Waals surface area contributed by atoms with Crippen LogP contribution in [0.4, 0.5) is 10.1 Å². The Labute approximate surface area is 121 Å². The summed E-state index contributed by atoms with van der Waals surface area (Å²) in [6.07, 6.45) is 1.04. The van der Waals surface area contributed by atoms with Gasteiger partial charge in [0.2, 0.25) is 0 Å². The fourth-order valence-electron chi connectivity index (χ4n) is 2.16. The Bertz CT molecular complexity index is 437. The van der Waals surface area contributed by atoms with Gasteiger partial charge in [-0.3, -0.25) is 0 Å². The summed E-state index contributed by atoms with van der Waals surface area (Å²) >= 11 is 0. The molecule has 0 saturated heterocycles. The second-order valence-corrected chi connectivity index (χ2v) is 5.48. The van der Waals surface area contributed by atoms with E-state index in [1.54, 1.807) is 13.0 Å². The van der Waals surface area contributed by atoms with E-state index in [9.17, 15) is 9.50 Å². The van der Waals surface area contributed by atoms with Crippen molar-refractivity contribution in [1.29, 1.82) is 0 Å². The first-order valence-corrected chi connectivity index (χ1v) is 7.29. The van der Waals surface area contributed by atoms with Crippen molar-refractivity contribution in [2.45, 2.75) is 46.2 Å². The SMILES string of the molecule is CCCNC(C)c1cc(F)c(C)cc1N(C)C(C)CO. The monoisotopic (exact) mass is 282 g/mol. The van der Waals surface area contributed by atoms with Crippen LogP contribution in [-0.4, -0.2) is 31.3 Å². The molecule has 0 heterocycles. The lowest BCUT2D eigenvalue weighted by Gasteiger charge is -2.30. The number of nitrogens with zero attached hydrogens (tertiary/aromatic N) is 1. The third-order valence-electron chi connectivity index (χ3n) is 3.78. The van der Waals surface area contributed by atoms with Crippen LogP contribution in [0.1, 0.15) is 44.4 Å². The molecule has 0 saturated carbocycles. The number of rotatable bonds is 7. The largest absolute Gasteiger partial charge is 0.394 e. The summed E-state index contributed by atoms with van der Waals surface area (Å²) in [6.45, 7) is 8.84. The average molecular weight is 282 g/mol. The van der Waals surface area contributed by atoms with Gasteiger partial charge in [0.15, 0.2) is 0 Å². The highest BCUT2D eigenvalue weighted by Gasteiger charge is 2.18. The molecule has 20 heavy (non-hydrogen) atoms. The Balaban J connectivity index is 3.16. The van der Waals surface area contributed by atoms with Crippen molar-refractivity contribution >= 4 is 5.69 Å². The van der Waals surface area contributed by atoms with E-state index in [0.29, 0.717) is 5.56 Å². The van der Waals surface area contributed by atoms with Gasteiger partial charge in [0.1, 0.15) is 5.82 Å². The summed E-state index contributed by atoms with van der Waals surface area (Å²) in [5.74, 6) is -0.182. The van der Waals surface area contributed by atoms with E-state index in [4.69, 9.17) is 0 Å². The number of likely N-dealkylation sites (N-methyl/N-ethyl adjacent to an activating group) is 1. The molecule has 2 unspecified atom stereocenters. The number of anilines is 1. The Kier molecular flexibility index (Phi) is 6.43. The molecule has 1 rings (SSSR count). The Hall–Kier alpha value is -1.13. The maximum Gasteiger partial charge on any atom is 0.126 e. The number of nitrogens with one attached hydrogen (secondary N) is 1. The maximum atomic E-state index is 13.9. The molecule has 0 aliphatic carbocycles. The molecule has 0 spiro atoms. The lowest BCUT2D eigenvalue weighted by Crippen LogP contribution is -2.33. The number of hydrogen-bond acceptors (Lipinski definition) is 3. The first-order chi connectivity index (χ1) is 9.42. The van der Waals surface area contributed by atoms with Crippen LogP contribution in [0.15, 0.2) is 12.1 Å². The lowest BCUT2D eigenvalue weighted by molar-refractivity contribution is 0.270. The van der Waals surface area contributed by atoms with E-state index in [0.717, 1.165) is 24.2 Å². The zero-order chi connectivity index (χ0) is 15.3. The van der Waals surface area contributed by atoms with E-state index < -0.39 is 0 Å². The predicted octanol–water partition coefficient (Wildman–Crippen LogP) is 3.01. The van der Waals surface area contributed by atoms with Crippen LogP contribution < -0.4 is 10.2 Å². The van der Waals surface area contributed by atoms with Crippen LogP contribution in [0, 0.1) is 12.7 Å². The van der Waals surface area contributed by atoms with Crippen molar-refractivity contribution in [3.63, 3.8) is 0 Å². The van der Waals surface area contributed by atoms with E-state index in [2.05, 4.69) is 12.2 Å². The van der Waals surface area contributed by atoms with Gasteiger partial charge in [0.05, 0.1) is 6.61 Å². The summed E-state index contributed by atoms with van der Waals surface area (Å²) in [5, 5.41) is 12.7. The number of hydrogen-bond donors (Lipinski definition) is 2. The normalized spacial score (nSPS) is 14.2. The minimum Gasteiger partial charge on any atom is -0.394 e. The number of benzene rings is 1. The summed E-state index contributed by atoms with van der Waals surface area (Å²) in [4.78, 5) is 2.01. The highest BCUT2D eigenvalue weighted by molar-refractivity contribution is 5.57. The second-order valence-electron chi connectivity index (χ2n) is 5.48. The molecule has 114 valence electrons. The van der Waals surface area contributed by atoms with Gasteiger partial charge in [0.25, 0.3) is 0 Å². The minimum absolute atomic E-state index is 0.00279. The second kappa shape index (κ2) is 7.60. The molecule has 0 aromatic heterocycles. The molecule has 1 aromatic carbocycles. The highest BCUT2D eigenvalue weighted by Crippen LogP contribution is 2.29. The van der Waals surface area contributed by atoms with Gasteiger partial charge < -0.3 is 15.3 Å². The summed E-state index contributed by atoms with van der Waals surface area (Å²) in [5.41, 5.74) is 2.54. The van der Waals surface area contributed by atoms with Crippen LogP contribution >= 0.6 is 0 Å². The molecule has 0 bridgehead atoms. The highest BCUT2D eigenvalue weighted by atomic mass is 19.1. The van der Waals surface area contributed by atoms with Gasteiger partial charge >= 0.3 is 0 Å². The number of halogens is 1.